The van der Waals surface area contributed by atoms with Crippen molar-refractivity contribution in [2.24, 2.45) is 7.05 Å². The Morgan fingerprint density at radius 3 is 2.44 bits per heavy atom. The molecule has 0 spiro atoms. The van der Waals surface area contributed by atoms with E-state index in [-0.39, 0.29) is 5.56 Å². The van der Waals surface area contributed by atoms with Gasteiger partial charge < -0.3 is 19.9 Å². The highest BCUT2D eigenvalue weighted by Crippen LogP contribution is 2.34. The SMILES string of the molecule is COc1cc(N2CCC(NCc3ccccc3)CC2)ccc1-c1nc2c(c(-c3ccccc3)nn2C)c(=O)[nH]1. The van der Waals surface area contributed by atoms with Crippen molar-refractivity contribution in [1.29, 1.82) is 0 Å². The van der Waals surface area contributed by atoms with Crippen molar-refractivity contribution in [3.05, 3.63) is 94.8 Å². The normalized spacial score (nSPS) is 14.2. The first-order chi connectivity index (χ1) is 19.1. The van der Waals surface area contributed by atoms with E-state index in [2.05, 4.69) is 50.6 Å². The number of methoxy groups -OCH3 is 1. The summed E-state index contributed by atoms with van der Waals surface area (Å²) in [6, 6.07) is 26.8. The summed E-state index contributed by atoms with van der Waals surface area (Å²) in [6.07, 6.45) is 2.15. The molecule has 2 N–H and O–H groups in total. The lowest BCUT2D eigenvalue weighted by Crippen LogP contribution is -2.42. The van der Waals surface area contributed by atoms with Gasteiger partial charge in [0.15, 0.2) is 5.65 Å². The van der Waals surface area contributed by atoms with Gasteiger partial charge in [-0.25, -0.2) is 9.67 Å². The minimum absolute atomic E-state index is 0.224. The number of aromatic nitrogens is 4. The van der Waals surface area contributed by atoms with Gasteiger partial charge in [-0.2, -0.15) is 5.10 Å². The van der Waals surface area contributed by atoms with Crippen LogP contribution in [0.4, 0.5) is 5.69 Å². The lowest BCUT2D eigenvalue weighted by molar-refractivity contribution is 0.409. The molecule has 0 saturated carbocycles. The average molecular weight is 521 g/mol. The zero-order chi connectivity index (χ0) is 26.8. The number of nitrogens with zero attached hydrogens (tertiary/aromatic N) is 4. The molecule has 198 valence electrons. The number of hydrogen-bond donors (Lipinski definition) is 2. The number of hydrogen-bond acceptors (Lipinski definition) is 6. The zero-order valence-electron chi connectivity index (χ0n) is 22.2. The molecule has 3 aromatic carbocycles. The molecule has 0 unspecified atom stereocenters. The molecule has 1 saturated heterocycles. The van der Waals surface area contributed by atoms with Crippen molar-refractivity contribution in [2.75, 3.05) is 25.1 Å². The summed E-state index contributed by atoms with van der Waals surface area (Å²) in [6.45, 7) is 2.83. The van der Waals surface area contributed by atoms with Crippen molar-refractivity contribution in [3.8, 4) is 28.4 Å². The van der Waals surface area contributed by atoms with Gasteiger partial charge in [0.2, 0.25) is 0 Å². The summed E-state index contributed by atoms with van der Waals surface area (Å²) >= 11 is 0. The van der Waals surface area contributed by atoms with E-state index in [1.807, 2.05) is 55.6 Å². The van der Waals surface area contributed by atoms with Gasteiger partial charge in [-0.1, -0.05) is 60.7 Å². The molecule has 0 amide bonds. The van der Waals surface area contributed by atoms with E-state index >= 15 is 0 Å². The highest BCUT2D eigenvalue weighted by atomic mass is 16.5. The molecule has 6 rings (SSSR count). The summed E-state index contributed by atoms with van der Waals surface area (Å²) in [5, 5.41) is 8.78. The van der Waals surface area contributed by atoms with Crippen molar-refractivity contribution in [2.45, 2.75) is 25.4 Å². The van der Waals surface area contributed by atoms with Gasteiger partial charge in [0.25, 0.3) is 5.56 Å². The van der Waals surface area contributed by atoms with Crippen molar-refractivity contribution < 1.29 is 4.74 Å². The summed E-state index contributed by atoms with van der Waals surface area (Å²) in [5.41, 5.74) is 4.96. The Morgan fingerprint density at radius 2 is 1.72 bits per heavy atom. The van der Waals surface area contributed by atoms with Gasteiger partial charge in [0.05, 0.1) is 12.7 Å². The number of aryl methyl sites for hydroxylation is 1. The predicted molar refractivity (Wildman–Crippen MR) is 155 cm³/mol. The second-order valence-corrected chi connectivity index (χ2v) is 9.96. The fraction of sp³-hybridized carbons (Fsp3) is 0.258. The van der Waals surface area contributed by atoms with Crippen molar-refractivity contribution in [1.82, 2.24) is 25.1 Å². The Labute approximate surface area is 227 Å². The summed E-state index contributed by atoms with van der Waals surface area (Å²) in [7, 11) is 3.46. The maximum absolute atomic E-state index is 13.3. The maximum Gasteiger partial charge on any atom is 0.262 e. The van der Waals surface area contributed by atoms with Gasteiger partial charge in [-0.05, 0) is 30.5 Å². The van der Waals surface area contributed by atoms with E-state index in [0.29, 0.717) is 34.3 Å². The number of fused-ring (bicyclic) bond motifs is 1. The Balaban J connectivity index is 1.22. The third-order valence-electron chi connectivity index (χ3n) is 7.48. The monoisotopic (exact) mass is 520 g/mol. The number of aromatic amines is 1. The quantitative estimate of drug-likeness (QED) is 0.322. The molecular weight excluding hydrogens is 488 g/mol. The van der Waals surface area contributed by atoms with Crippen LogP contribution in [0.15, 0.2) is 83.7 Å². The molecule has 1 fully saturated rings. The minimum atomic E-state index is -0.224. The lowest BCUT2D eigenvalue weighted by atomic mass is 10.0. The maximum atomic E-state index is 13.3. The summed E-state index contributed by atoms with van der Waals surface area (Å²) in [4.78, 5) is 23.4. The van der Waals surface area contributed by atoms with E-state index in [9.17, 15) is 4.79 Å². The first-order valence-electron chi connectivity index (χ1n) is 13.3. The van der Waals surface area contributed by atoms with E-state index in [1.165, 1.54) is 5.56 Å². The van der Waals surface area contributed by atoms with Crippen LogP contribution >= 0.6 is 0 Å². The number of rotatable bonds is 7. The second kappa shape index (κ2) is 10.7. The molecule has 0 bridgehead atoms. The van der Waals surface area contributed by atoms with Gasteiger partial charge in [0, 0.05) is 50.0 Å². The van der Waals surface area contributed by atoms with E-state index in [1.54, 1.807) is 11.8 Å². The molecule has 39 heavy (non-hydrogen) atoms. The van der Waals surface area contributed by atoms with Gasteiger partial charge in [0.1, 0.15) is 22.7 Å². The van der Waals surface area contributed by atoms with Gasteiger partial charge in [-0.3, -0.25) is 4.79 Å². The zero-order valence-corrected chi connectivity index (χ0v) is 22.2. The Kier molecular flexibility index (Phi) is 6.85. The number of H-pyrrole nitrogens is 1. The molecular formula is C31H32N6O2. The third kappa shape index (κ3) is 5.03. The number of nitrogens with one attached hydrogen (secondary N) is 2. The molecule has 1 aliphatic heterocycles. The van der Waals surface area contributed by atoms with Crippen LogP contribution in [-0.4, -0.2) is 46.0 Å². The van der Waals surface area contributed by atoms with E-state index in [4.69, 9.17) is 9.72 Å². The second-order valence-electron chi connectivity index (χ2n) is 9.96. The van der Waals surface area contributed by atoms with Crippen LogP contribution in [0, 0.1) is 0 Å². The first-order valence-corrected chi connectivity index (χ1v) is 13.3. The van der Waals surface area contributed by atoms with Crippen LogP contribution < -0.4 is 20.5 Å². The van der Waals surface area contributed by atoms with Crippen LogP contribution in [0.3, 0.4) is 0 Å². The Bertz CT molecular complexity index is 1640. The van der Waals surface area contributed by atoms with Gasteiger partial charge in [-0.15, -0.1) is 0 Å². The van der Waals surface area contributed by atoms with Crippen LogP contribution in [0.25, 0.3) is 33.7 Å². The van der Waals surface area contributed by atoms with Crippen LogP contribution in [0.1, 0.15) is 18.4 Å². The smallest absolute Gasteiger partial charge is 0.262 e. The Hall–Kier alpha value is -4.43. The molecule has 5 aromatic rings. The van der Waals surface area contributed by atoms with E-state index in [0.717, 1.165) is 49.3 Å². The molecule has 0 radical (unpaired) electrons. The van der Waals surface area contributed by atoms with Crippen LogP contribution in [-0.2, 0) is 13.6 Å². The summed E-state index contributed by atoms with van der Waals surface area (Å²) < 4.78 is 7.43. The number of piperidine rings is 1. The molecule has 1 aliphatic rings. The number of ether oxygens (including phenoxy) is 1. The summed E-state index contributed by atoms with van der Waals surface area (Å²) in [5.74, 6) is 1.13. The minimum Gasteiger partial charge on any atom is -0.496 e. The lowest BCUT2D eigenvalue weighted by Gasteiger charge is -2.34. The highest BCUT2D eigenvalue weighted by Gasteiger charge is 2.22. The predicted octanol–water partition coefficient (Wildman–Crippen LogP) is 4.76. The molecule has 2 aromatic heterocycles. The molecule has 3 heterocycles. The first kappa shape index (κ1) is 24.9. The standard InChI is InChI=1S/C31H32N6O2/c1-36-30-27(28(35-36)22-11-7-4-8-12-22)31(38)34-29(33-30)25-14-13-24(19-26(25)39-2)37-17-15-23(16-18-37)32-20-21-9-5-3-6-10-21/h3-14,19,23,32H,15-18,20H2,1-2H3,(H,33,34,38). The molecule has 0 atom stereocenters. The largest absolute Gasteiger partial charge is 0.496 e. The average Bonchev–Trinajstić information content (AvgIpc) is 3.33. The Morgan fingerprint density at radius 1 is 1.00 bits per heavy atom. The van der Waals surface area contributed by atoms with E-state index < -0.39 is 0 Å². The molecule has 8 nitrogen and oxygen atoms in total. The van der Waals surface area contributed by atoms with Crippen LogP contribution in [0.2, 0.25) is 0 Å². The third-order valence-corrected chi connectivity index (χ3v) is 7.48. The number of benzene rings is 3. The molecule has 0 aliphatic carbocycles. The van der Waals surface area contributed by atoms with Crippen molar-refractivity contribution in [3.63, 3.8) is 0 Å². The molecule has 8 heteroatoms. The highest BCUT2D eigenvalue weighted by molar-refractivity contribution is 5.91. The van der Waals surface area contributed by atoms with Crippen molar-refractivity contribution >= 4 is 16.7 Å². The van der Waals surface area contributed by atoms with Gasteiger partial charge >= 0.3 is 0 Å². The topological polar surface area (TPSA) is 88.1 Å². The van der Waals surface area contributed by atoms with Crippen LogP contribution in [0.5, 0.6) is 5.75 Å². The fourth-order valence-corrected chi connectivity index (χ4v) is 5.35. The number of anilines is 1. The fourth-order valence-electron chi connectivity index (χ4n) is 5.35.